The summed E-state index contributed by atoms with van der Waals surface area (Å²) in [6, 6.07) is 10.5. The van der Waals surface area contributed by atoms with E-state index in [0.717, 1.165) is 5.56 Å². The van der Waals surface area contributed by atoms with E-state index in [1.807, 2.05) is 12.1 Å². The fraction of sp³-hybridized carbons (Fsp3) is 0. The molecule has 0 saturated carbocycles. The van der Waals surface area contributed by atoms with Gasteiger partial charge in [0.1, 0.15) is 5.82 Å². The van der Waals surface area contributed by atoms with Gasteiger partial charge in [0.2, 0.25) is 5.91 Å². The molecule has 1 aromatic carbocycles. The summed E-state index contributed by atoms with van der Waals surface area (Å²) >= 11 is 5.77. The molecular formula is C14H12ClN3O. The van der Waals surface area contributed by atoms with Gasteiger partial charge in [0.25, 0.3) is 0 Å². The molecule has 1 heterocycles. The molecule has 96 valence electrons. The Morgan fingerprint density at radius 1 is 1.21 bits per heavy atom. The van der Waals surface area contributed by atoms with Gasteiger partial charge in [0.05, 0.1) is 11.9 Å². The lowest BCUT2D eigenvalue weighted by Gasteiger charge is -2.01. The molecule has 0 bridgehead atoms. The normalized spacial score (nSPS) is 10.6. The van der Waals surface area contributed by atoms with Crippen molar-refractivity contribution in [3.63, 3.8) is 0 Å². The Hall–Kier alpha value is -2.33. The Morgan fingerprint density at radius 2 is 1.95 bits per heavy atom. The van der Waals surface area contributed by atoms with E-state index in [2.05, 4.69) is 10.3 Å². The minimum absolute atomic E-state index is 0.235. The Balaban J connectivity index is 1.97. The first-order chi connectivity index (χ1) is 9.13. The van der Waals surface area contributed by atoms with Gasteiger partial charge in [0.15, 0.2) is 0 Å². The highest BCUT2D eigenvalue weighted by Gasteiger charge is 1.98. The lowest BCUT2D eigenvalue weighted by atomic mass is 10.2. The Labute approximate surface area is 115 Å². The third kappa shape index (κ3) is 4.12. The summed E-state index contributed by atoms with van der Waals surface area (Å²) < 4.78 is 0. The Kier molecular flexibility index (Phi) is 4.15. The fourth-order valence-electron chi connectivity index (χ4n) is 1.41. The summed E-state index contributed by atoms with van der Waals surface area (Å²) in [7, 11) is 0. The van der Waals surface area contributed by atoms with E-state index in [9.17, 15) is 4.79 Å². The van der Waals surface area contributed by atoms with Crippen molar-refractivity contribution in [3.05, 3.63) is 59.3 Å². The van der Waals surface area contributed by atoms with Crippen LogP contribution in [0.2, 0.25) is 5.02 Å². The number of benzene rings is 1. The monoisotopic (exact) mass is 273 g/mol. The second-order valence-corrected chi connectivity index (χ2v) is 4.28. The van der Waals surface area contributed by atoms with Crippen molar-refractivity contribution < 1.29 is 4.79 Å². The van der Waals surface area contributed by atoms with Crippen LogP contribution in [-0.2, 0) is 4.79 Å². The Bertz CT molecular complexity index is 591. The average molecular weight is 274 g/mol. The number of carbonyl (C=O) groups excluding carboxylic acids is 1. The zero-order valence-corrected chi connectivity index (χ0v) is 10.8. The number of pyridine rings is 1. The second-order valence-electron chi connectivity index (χ2n) is 3.85. The molecule has 0 aliphatic rings. The molecule has 1 aromatic heterocycles. The van der Waals surface area contributed by atoms with Crippen molar-refractivity contribution in [1.82, 2.24) is 4.98 Å². The molecule has 0 spiro atoms. The zero-order valence-electron chi connectivity index (χ0n) is 10.0. The van der Waals surface area contributed by atoms with E-state index in [4.69, 9.17) is 17.3 Å². The van der Waals surface area contributed by atoms with Gasteiger partial charge in [-0.2, -0.15) is 0 Å². The highest BCUT2D eigenvalue weighted by atomic mass is 35.5. The first-order valence-corrected chi connectivity index (χ1v) is 5.97. The van der Waals surface area contributed by atoms with Gasteiger partial charge in [0, 0.05) is 11.1 Å². The predicted octanol–water partition coefficient (Wildman–Crippen LogP) is 2.97. The Morgan fingerprint density at radius 3 is 2.58 bits per heavy atom. The molecule has 2 aromatic rings. The van der Waals surface area contributed by atoms with Crippen molar-refractivity contribution in [2.45, 2.75) is 0 Å². The molecule has 0 fully saturated rings. The molecule has 0 aliphatic carbocycles. The number of carbonyl (C=O) groups is 1. The number of nitrogens with two attached hydrogens (primary N) is 1. The third-order valence-corrected chi connectivity index (χ3v) is 2.60. The van der Waals surface area contributed by atoms with Crippen molar-refractivity contribution >= 4 is 35.1 Å². The number of nitrogens with zero attached hydrogens (tertiary/aromatic N) is 1. The highest BCUT2D eigenvalue weighted by molar-refractivity contribution is 6.30. The maximum atomic E-state index is 11.7. The maximum Gasteiger partial charge on any atom is 0.248 e. The first-order valence-electron chi connectivity index (χ1n) is 5.59. The average Bonchev–Trinajstić information content (AvgIpc) is 2.41. The minimum atomic E-state index is -0.235. The summed E-state index contributed by atoms with van der Waals surface area (Å²) in [6.07, 6.45) is 4.65. The van der Waals surface area contributed by atoms with Crippen LogP contribution >= 0.6 is 11.6 Å². The zero-order chi connectivity index (χ0) is 13.7. The van der Waals surface area contributed by atoms with Crippen LogP contribution in [0.3, 0.4) is 0 Å². The summed E-state index contributed by atoms with van der Waals surface area (Å²) in [5.41, 5.74) is 6.95. The summed E-state index contributed by atoms with van der Waals surface area (Å²) in [4.78, 5) is 15.5. The molecule has 2 rings (SSSR count). The van der Waals surface area contributed by atoms with E-state index in [1.165, 1.54) is 12.3 Å². The number of nitrogens with one attached hydrogen (secondary N) is 1. The quantitative estimate of drug-likeness (QED) is 0.845. The molecule has 0 aliphatic heterocycles. The van der Waals surface area contributed by atoms with Crippen LogP contribution in [0, 0.1) is 0 Å². The predicted molar refractivity (Wildman–Crippen MR) is 77.8 cm³/mol. The molecule has 1 amide bonds. The molecule has 5 heteroatoms. The number of halogens is 1. The molecule has 0 saturated heterocycles. The lowest BCUT2D eigenvalue weighted by Crippen LogP contribution is -2.08. The largest absolute Gasteiger partial charge is 0.384 e. The number of hydrogen-bond acceptors (Lipinski definition) is 3. The van der Waals surface area contributed by atoms with Gasteiger partial charge in [-0.1, -0.05) is 23.7 Å². The van der Waals surface area contributed by atoms with Crippen LogP contribution in [0.15, 0.2) is 48.7 Å². The van der Waals surface area contributed by atoms with Crippen LogP contribution < -0.4 is 11.1 Å². The number of hydrogen-bond donors (Lipinski definition) is 2. The number of anilines is 2. The van der Waals surface area contributed by atoms with Crippen molar-refractivity contribution in [1.29, 1.82) is 0 Å². The van der Waals surface area contributed by atoms with E-state index in [0.29, 0.717) is 16.5 Å². The van der Waals surface area contributed by atoms with E-state index < -0.39 is 0 Å². The number of nitrogen functional groups attached to an aromatic ring is 1. The van der Waals surface area contributed by atoms with Crippen molar-refractivity contribution in [3.8, 4) is 0 Å². The smallest absolute Gasteiger partial charge is 0.248 e. The van der Waals surface area contributed by atoms with E-state index >= 15 is 0 Å². The van der Waals surface area contributed by atoms with Gasteiger partial charge >= 0.3 is 0 Å². The van der Waals surface area contributed by atoms with Gasteiger partial charge < -0.3 is 11.1 Å². The van der Waals surface area contributed by atoms with Crippen LogP contribution in [0.25, 0.3) is 6.08 Å². The van der Waals surface area contributed by atoms with E-state index in [1.54, 1.807) is 30.3 Å². The van der Waals surface area contributed by atoms with Gasteiger partial charge in [-0.15, -0.1) is 0 Å². The van der Waals surface area contributed by atoms with Gasteiger partial charge in [-0.3, -0.25) is 4.79 Å². The lowest BCUT2D eigenvalue weighted by molar-refractivity contribution is -0.111. The van der Waals surface area contributed by atoms with Gasteiger partial charge in [-0.05, 0) is 35.9 Å². The van der Waals surface area contributed by atoms with E-state index in [-0.39, 0.29) is 5.91 Å². The SMILES string of the molecule is Nc1ccc(NC(=O)/C=C/c2ccc(Cl)cc2)cn1. The third-order valence-electron chi connectivity index (χ3n) is 2.35. The molecule has 0 unspecified atom stereocenters. The van der Waals surface area contributed by atoms with Gasteiger partial charge in [-0.25, -0.2) is 4.98 Å². The second kappa shape index (κ2) is 6.02. The summed E-state index contributed by atoms with van der Waals surface area (Å²) in [5.74, 6) is 0.177. The summed E-state index contributed by atoms with van der Waals surface area (Å²) in [6.45, 7) is 0. The molecule has 0 atom stereocenters. The summed E-state index contributed by atoms with van der Waals surface area (Å²) in [5, 5.41) is 3.34. The molecule has 0 radical (unpaired) electrons. The van der Waals surface area contributed by atoms with Crippen molar-refractivity contribution in [2.24, 2.45) is 0 Å². The minimum Gasteiger partial charge on any atom is -0.384 e. The van der Waals surface area contributed by atoms with Crippen LogP contribution in [0.1, 0.15) is 5.56 Å². The highest BCUT2D eigenvalue weighted by Crippen LogP contribution is 2.11. The number of rotatable bonds is 3. The van der Waals surface area contributed by atoms with Crippen LogP contribution in [0.4, 0.5) is 11.5 Å². The van der Waals surface area contributed by atoms with Crippen LogP contribution in [0.5, 0.6) is 0 Å². The number of aromatic nitrogens is 1. The molecular weight excluding hydrogens is 262 g/mol. The molecule has 3 N–H and O–H groups in total. The maximum absolute atomic E-state index is 11.7. The van der Waals surface area contributed by atoms with Crippen molar-refractivity contribution in [2.75, 3.05) is 11.1 Å². The molecule has 4 nitrogen and oxygen atoms in total. The topological polar surface area (TPSA) is 68.0 Å². The number of amides is 1. The molecule has 19 heavy (non-hydrogen) atoms. The fourth-order valence-corrected chi connectivity index (χ4v) is 1.53. The standard InChI is InChI=1S/C14H12ClN3O/c15-11-4-1-10(2-5-11)3-8-14(19)18-12-6-7-13(16)17-9-12/h1-9H,(H2,16,17)(H,18,19)/b8-3+. The van der Waals surface area contributed by atoms with Crippen LogP contribution in [-0.4, -0.2) is 10.9 Å². The first kappa shape index (κ1) is 13.1.